The van der Waals surface area contributed by atoms with E-state index in [4.69, 9.17) is 14.2 Å². The van der Waals surface area contributed by atoms with E-state index in [0.717, 1.165) is 17.0 Å². The molecule has 2 heterocycles. The smallest absolute Gasteiger partial charge is 0.414 e. The number of hydrogen-bond donors (Lipinski definition) is 1. The number of nitrogens with zero attached hydrogens (tertiary/aromatic N) is 2. The highest BCUT2D eigenvalue weighted by Crippen LogP contribution is 2.33. The largest absolute Gasteiger partial charge is 0.442 e. The van der Waals surface area contributed by atoms with Crippen LogP contribution >= 0.6 is 0 Å². The molecule has 2 amide bonds. The maximum atomic E-state index is 14.6. The van der Waals surface area contributed by atoms with Crippen LogP contribution in [0.3, 0.4) is 0 Å². The van der Waals surface area contributed by atoms with Gasteiger partial charge >= 0.3 is 6.09 Å². The molecule has 10 heteroatoms. The number of benzene rings is 1. The summed E-state index contributed by atoms with van der Waals surface area (Å²) in [4.78, 5) is 25.7. The Morgan fingerprint density at radius 2 is 1.96 bits per heavy atom. The fraction of sp³-hybridized carbons (Fsp3) is 0.556. The first-order valence-electron chi connectivity index (χ1n) is 9.05. The van der Waals surface area contributed by atoms with E-state index in [0.29, 0.717) is 19.7 Å². The van der Waals surface area contributed by atoms with Gasteiger partial charge in [-0.05, 0) is 6.92 Å². The van der Waals surface area contributed by atoms with E-state index < -0.39 is 23.8 Å². The Morgan fingerprint density at radius 3 is 2.57 bits per heavy atom. The van der Waals surface area contributed by atoms with Crippen LogP contribution in [0.15, 0.2) is 12.1 Å². The second-order valence-corrected chi connectivity index (χ2v) is 6.62. The van der Waals surface area contributed by atoms with Crippen LogP contribution < -0.4 is 15.1 Å². The zero-order chi connectivity index (χ0) is 20.3. The number of carbonyl (C=O) groups is 2. The Labute approximate surface area is 161 Å². The van der Waals surface area contributed by atoms with Gasteiger partial charge in [0.05, 0.1) is 24.9 Å². The highest BCUT2D eigenvalue weighted by Gasteiger charge is 2.35. The minimum atomic E-state index is -0.767. The molecule has 28 heavy (non-hydrogen) atoms. The topological polar surface area (TPSA) is 80.3 Å². The summed E-state index contributed by atoms with van der Waals surface area (Å²) in [6.45, 7) is 4.81. The zero-order valence-electron chi connectivity index (χ0n) is 15.7. The van der Waals surface area contributed by atoms with Crippen LogP contribution in [0.2, 0.25) is 0 Å². The van der Waals surface area contributed by atoms with Crippen molar-refractivity contribution >= 4 is 23.4 Å². The number of cyclic esters (lactones) is 1. The summed E-state index contributed by atoms with van der Waals surface area (Å²) in [5.74, 6) is -1.79. The third-order valence-electron chi connectivity index (χ3n) is 4.52. The first-order valence-corrected chi connectivity index (χ1v) is 9.05. The summed E-state index contributed by atoms with van der Waals surface area (Å²) in [5.41, 5.74) is -0.0823. The van der Waals surface area contributed by atoms with Gasteiger partial charge in [0.15, 0.2) is 11.6 Å². The Bertz CT molecular complexity index is 719. The molecule has 0 unspecified atom stereocenters. The van der Waals surface area contributed by atoms with Gasteiger partial charge in [-0.1, -0.05) is 0 Å². The molecule has 154 valence electrons. The van der Waals surface area contributed by atoms with Crippen LogP contribution in [0.1, 0.15) is 13.8 Å². The van der Waals surface area contributed by atoms with Crippen molar-refractivity contribution in [2.75, 3.05) is 49.4 Å². The quantitative estimate of drug-likeness (QED) is 0.529. The predicted molar refractivity (Wildman–Crippen MR) is 96.2 cm³/mol. The van der Waals surface area contributed by atoms with Gasteiger partial charge in [0.25, 0.3) is 0 Å². The van der Waals surface area contributed by atoms with E-state index in [9.17, 15) is 18.4 Å². The van der Waals surface area contributed by atoms with Crippen LogP contribution in [0.5, 0.6) is 0 Å². The summed E-state index contributed by atoms with van der Waals surface area (Å²) in [6, 6.07) is 2.21. The SMILES string of the molecule is CCOCOC1CN(c2c(F)cc(N3C[C@H](CNC(C)=O)OC3=O)cc2F)C1. The third-order valence-corrected chi connectivity index (χ3v) is 4.52. The molecular formula is C18H23F2N3O5. The summed E-state index contributed by atoms with van der Waals surface area (Å²) in [7, 11) is 0. The van der Waals surface area contributed by atoms with Crippen LogP contribution in [0.25, 0.3) is 0 Å². The third kappa shape index (κ3) is 4.50. The van der Waals surface area contributed by atoms with Gasteiger partial charge in [-0.3, -0.25) is 9.69 Å². The minimum absolute atomic E-state index is 0.0683. The number of hydrogen-bond acceptors (Lipinski definition) is 6. The van der Waals surface area contributed by atoms with E-state index in [2.05, 4.69) is 5.32 Å². The molecule has 0 bridgehead atoms. The Balaban J connectivity index is 1.63. The van der Waals surface area contributed by atoms with E-state index in [-0.39, 0.29) is 43.3 Å². The van der Waals surface area contributed by atoms with Gasteiger partial charge < -0.3 is 24.4 Å². The highest BCUT2D eigenvalue weighted by atomic mass is 19.1. The standard InChI is InChI=1S/C18H23F2N3O5/c1-3-26-10-27-14-7-22(8-14)17-15(19)4-12(5-16(17)20)23-9-13(28-18(23)25)6-21-11(2)24/h4-5,13-14H,3,6-10H2,1-2H3,(H,21,24)/t13-/m0/s1. The van der Waals surface area contributed by atoms with E-state index >= 15 is 0 Å². The maximum absolute atomic E-state index is 14.6. The van der Waals surface area contributed by atoms with Crippen LogP contribution in [0.4, 0.5) is 25.0 Å². The lowest BCUT2D eigenvalue weighted by molar-refractivity contribution is -0.119. The van der Waals surface area contributed by atoms with Gasteiger partial charge in [0.2, 0.25) is 5.91 Å². The number of nitrogens with one attached hydrogen (secondary N) is 1. The number of anilines is 2. The van der Waals surface area contributed by atoms with Crippen molar-refractivity contribution in [3.05, 3.63) is 23.8 Å². The van der Waals surface area contributed by atoms with E-state index in [1.807, 2.05) is 6.92 Å². The van der Waals surface area contributed by atoms with Gasteiger partial charge in [-0.25, -0.2) is 13.6 Å². The maximum Gasteiger partial charge on any atom is 0.414 e. The van der Waals surface area contributed by atoms with E-state index in [1.54, 1.807) is 0 Å². The van der Waals surface area contributed by atoms with Crippen molar-refractivity contribution in [3.63, 3.8) is 0 Å². The molecule has 0 aliphatic carbocycles. The molecule has 1 aromatic carbocycles. The molecule has 1 atom stereocenters. The molecule has 8 nitrogen and oxygen atoms in total. The van der Waals surface area contributed by atoms with Gasteiger partial charge in [0.1, 0.15) is 18.6 Å². The molecule has 2 saturated heterocycles. The Hall–Kier alpha value is -2.46. The van der Waals surface area contributed by atoms with Gasteiger partial charge in [-0.2, -0.15) is 0 Å². The molecule has 2 aliphatic heterocycles. The van der Waals surface area contributed by atoms with Crippen molar-refractivity contribution in [2.24, 2.45) is 0 Å². The average Bonchev–Trinajstić information content (AvgIpc) is 2.97. The number of rotatable bonds is 8. The molecule has 3 rings (SSSR count). The summed E-state index contributed by atoms with van der Waals surface area (Å²) in [5, 5.41) is 2.55. The number of halogens is 2. The van der Waals surface area contributed by atoms with Crippen molar-refractivity contribution < 1.29 is 32.6 Å². The van der Waals surface area contributed by atoms with Gasteiger partial charge in [0, 0.05) is 38.8 Å². The molecule has 1 N–H and O–H groups in total. The second kappa shape index (κ2) is 8.70. The van der Waals surface area contributed by atoms with E-state index in [1.165, 1.54) is 11.8 Å². The Morgan fingerprint density at radius 1 is 1.29 bits per heavy atom. The van der Waals surface area contributed by atoms with Crippen LogP contribution in [0, 0.1) is 11.6 Å². The molecule has 1 aromatic rings. The molecular weight excluding hydrogens is 376 g/mol. The lowest BCUT2D eigenvalue weighted by Gasteiger charge is -2.40. The van der Waals surface area contributed by atoms with Crippen LogP contribution in [-0.4, -0.2) is 63.8 Å². The highest BCUT2D eigenvalue weighted by molar-refractivity contribution is 5.90. The fourth-order valence-corrected chi connectivity index (χ4v) is 3.06. The predicted octanol–water partition coefficient (Wildman–Crippen LogP) is 1.63. The van der Waals surface area contributed by atoms with Crippen molar-refractivity contribution in [1.29, 1.82) is 0 Å². The average molecular weight is 399 g/mol. The van der Waals surface area contributed by atoms with Crippen molar-refractivity contribution in [3.8, 4) is 0 Å². The number of carbonyl (C=O) groups excluding carboxylic acids is 2. The number of amides is 2. The van der Waals surface area contributed by atoms with Crippen LogP contribution in [-0.2, 0) is 19.0 Å². The minimum Gasteiger partial charge on any atom is -0.442 e. The van der Waals surface area contributed by atoms with Gasteiger partial charge in [-0.15, -0.1) is 0 Å². The molecule has 0 radical (unpaired) electrons. The summed E-state index contributed by atoms with van der Waals surface area (Å²) >= 11 is 0. The van der Waals surface area contributed by atoms with Crippen molar-refractivity contribution in [1.82, 2.24) is 5.32 Å². The van der Waals surface area contributed by atoms with Crippen molar-refractivity contribution in [2.45, 2.75) is 26.1 Å². The molecule has 0 spiro atoms. The number of ether oxygens (including phenoxy) is 3. The molecule has 2 aliphatic rings. The summed E-state index contributed by atoms with van der Waals surface area (Å²) in [6.07, 6.45) is -1.44. The Kier molecular flexibility index (Phi) is 6.30. The fourth-order valence-electron chi connectivity index (χ4n) is 3.06. The first-order chi connectivity index (χ1) is 13.4. The first kappa shape index (κ1) is 20.3. The molecule has 0 saturated carbocycles. The lowest BCUT2D eigenvalue weighted by Crippen LogP contribution is -2.53. The second-order valence-electron chi connectivity index (χ2n) is 6.62. The normalized spacial score (nSPS) is 19.6. The summed E-state index contributed by atoms with van der Waals surface area (Å²) < 4.78 is 44.7. The monoisotopic (exact) mass is 399 g/mol. The molecule has 0 aromatic heterocycles. The lowest BCUT2D eigenvalue weighted by atomic mass is 10.1. The molecule has 2 fully saturated rings. The zero-order valence-corrected chi connectivity index (χ0v) is 15.7.